The molecule has 0 unspecified atom stereocenters. The zero-order chi connectivity index (χ0) is 23.1. The Morgan fingerprint density at radius 2 is 1.66 bits per heavy atom. The summed E-state index contributed by atoms with van der Waals surface area (Å²) in [4.78, 5) is 11.7. The first kappa shape index (κ1) is 22.0. The average Bonchev–Trinajstić information content (AvgIpc) is 2.73. The van der Waals surface area contributed by atoms with Gasteiger partial charge in [-0.15, -0.1) is 0 Å². The van der Waals surface area contributed by atoms with E-state index in [1.807, 2.05) is 0 Å². The molecule has 4 aromatic rings. The fraction of sp³-hybridized carbons (Fsp3) is 0.0952. The Labute approximate surface area is 186 Å². The molecule has 4 rings (SSSR count). The number of hydrogen-bond acceptors (Lipinski definition) is 5. The predicted octanol–water partition coefficient (Wildman–Crippen LogP) is 5.40. The monoisotopic (exact) mass is 478 g/mol. The zero-order valence-corrected chi connectivity index (χ0v) is 17.9. The second kappa shape index (κ2) is 8.03. The largest absolute Gasteiger partial charge is 0.433 e. The lowest BCUT2D eigenvalue weighted by atomic mass is 9.98. The molecule has 0 atom stereocenters. The Morgan fingerprint density at radius 3 is 2.38 bits per heavy atom. The molecule has 0 saturated heterocycles. The summed E-state index contributed by atoms with van der Waals surface area (Å²) in [5.74, 6) is 0. The highest BCUT2D eigenvalue weighted by Gasteiger charge is 2.32. The minimum absolute atomic E-state index is 0.0150. The number of rotatable bonds is 4. The zero-order valence-electron chi connectivity index (χ0n) is 16.4. The number of nitrogens with zero attached hydrogens (tertiary/aromatic N) is 3. The number of hydrogen-bond donors (Lipinski definition) is 1. The molecular formula is C21H14ClF3N4O2S. The maximum absolute atomic E-state index is 13.1. The Bertz CT molecular complexity index is 1440. The van der Waals surface area contributed by atoms with Crippen LogP contribution in [0.25, 0.3) is 33.2 Å². The third-order valence-corrected chi connectivity index (χ3v) is 5.46. The molecule has 164 valence electrons. The molecule has 0 aliphatic carbocycles. The van der Waals surface area contributed by atoms with E-state index < -0.39 is 21.9 Å². The highest BCUT2D eigenvalue weighted by Crippen LogP contribution is 2.35. The average molecular weight is 479 g/mol. The van der Waals surface area contributed by atoms with Crippen molar-refractivity contribution in [2.24, 2.45) is 0 Å². The van der Waals surface area contributed by atoms with Gasteiger partial charge in [0.1, 0.15) is 5.69 Å². The standard InChI is InChI=1S/C21H14ClF3N4O2S/c1-32(30,31)29-18-9-14(11-28-20(18)22)12-2-3-17-16(8-12)15(5-7-26-17)13-4-6-27-19(10-13)21(23,24)25/h2-11,29H,1H3. The van der Waals surface area contributed by atoms with Crippen LogP contribution in [0.3, 0.4) is 0 Å². The minimum atomic E-state index is -4.57. The van der Waals surface area contributed by atoms with Gasteiger partial charge in [0, 0.05) is 29.5 Å². The third kappa shape index (κ3) is 4.66. The number of halogens is 4. The van der Waals surface area contributed by atoms with E-state index in [0.29, 0.717) is 33.2 Å². The Hall–Kier alpha value is -3.24. The minimum Gasteiger partial charge on any atom is -0.281 e. The van der Waals surface area contributed by atoms with Gasteiger partial charge < -0.3 is 0 Å². The highest BCUT2D eigenvalue weighted by atomic mass is 35.5. The number of fused-ring (bicyclic) bond motifs is 1. The predicted molar refractivity (Wildman–Crippen MR) is 117 cm³/mol. The van der Waals surface area contributed by atoms with Gasteiger partial charge in [0.05, 0.1) is 17.5 Å². The van der Waals surface area contributed by atoms with Crippen LogP contribution in [0.4, 0.5) is 18.9 Å². The number of anilines is 1. The number of sulfonamides is 1. The number of aromatic nitrogens is 3. The van der Waals surface area contributed by atoms with E-state index in [9.17, 15) is 21.6 Å². The summed E-state index contributed by atoms with van der Waals surface area (Å²) in [7, 11) is -3.57. The van der Waals surface area contributed by atoms with Crippen LogP contribution in [-0.4, -0.2) is 29.6 Å². The SMILES string of the molecule is CS(=O)(=O)Nc1cc(-c2ccc3nccc(-c4ccnc(C(F)(F)F)c4)c3c2)cnc1Cl. The van der Waals surface area contributed by atoms with Gasteiger partial charge in [-0.05, 0) is 53.1 Å². The number of nitrogens with one attached hydrogen (secondary N) is 1. The lowest BCUT2D eigenvalue weighted by molar-refractivity contribution is -0.141. The maximum atomic E-state index is 13.1. The number of alkyl halides is 3. The molecule has 6 nitrogen and oxygen atoms in total. The van der Waals surface area contributed by atoms with Crippen LogP contribution in [0.2, 0.25) is 5.15 Å². The number of benzene rings is 1. The van der Waals surface area contributed by atoms with Crippen LogP contribution in [-0.2, 0) is 16.2 Å². The third-order valence-electron chi connectivity index (χ3n) is 4.57. The summed E-state index contributed by atoms with van der Waals surface area (Å²) < 4.78 is 64.9. The van der Waals surface area contributed by atoms with E-state index in [4.69, 9.17) is 11.6 Å². The molecule has 32 heavy (non-hydrogen) atoms. The van der Waals surface area contributed by atoms with Gasteiger partial charge >= 0.3 is 6.18 Å². The molecule has 3 heterocycles. The Balaban J connectivity index is 1.85. The second-order valence-electron chi connectivity index (χ2n) is 6.95. The van der Waals surface area contributed by atoms with Gasteiger partial charge in [-0.3, -0.25) is 14.7 Å². The van der Waals surface area contributed by atoms with Gasteiger partial charge in [0.25, 0.3) is 0 Å². The van der Waals surface area contributed by atoms with Crippen LogP contribution >= 0.6 is 11.6 Å². The molecule has 0 radical (unpaired) electrons. The molecule has 0 aliphatic rings. The summed E-state index contributed by atoms with van der Waals surface area (Å²) >= 11 is 6.00. The first-order valence-corrected chi connectivity index (χ1v) is 11.3. The molecule has 1 N–H and O–H groups in total. The van der Waals surface area contributed by atoms with Gasteiger partial charge in [-0.2, -0.15) is 13.2 Å². The van der Waals surface area contributed by atoms with Crippen molar-refractivity contribution in [1.29, 1.82) is 0 Å². The topological polar surface area (TPSA) is 84.8 Å². The van der Waals surface area contributed by atoms with Crippen LogP contribution < -0.4 is 4.72 Å². The van der Waals surface area contributed by atoms with E-state index in [1.54, 1.807) is 24.3 Å². The quantitative estimate of drug-likeness (QED) is 0.397. The van der Waals surface area contributed by atoms with Crippen molar-refractivity contribution >= 4 is 38.2 Å². The highest BCUT2D eigenvalue weighted by molar-refractivity contribution is 7.92. The van der Waals surface area contributed by atoms with Gasteiger partial charge in [-0.25, -0.2) is 13.4 Å². The number of pyridine rings is 3. The van der Waals surface area contributed by atoms with Crippen LogP contribution in [0, 0.1) is 0 Å². The van der Waals surface area contributed by atoms with Crippen LogP contribution in [0.5, 0.6) is 0 Å². The first-order valence-electron chi connectivity index (χ1n) is 9.07. The summed E-state index contributed by atoms with van der Waals surface area (Å²) in [5, 5.41) is 0.593. The normalized spacial score (nSPS) is 12.2. The first-order chi connectivity index (χ1) is 15.0. The molecule has 0 aliphatic heterocycles. The molecule has 11 heteroatoms. The Morgan fingerprint density at radius 1 is 0.906 bits per heavy atom. The smallest absolute Gasteiger partial charge is 0.281 e. The maximum Gasteiger partial charge on any atom is 0.433 e. The molecule has 0 spiro atoms. The van der Waals surface area contributed by atoms with Crippen molar-refractivity contribution in [2.45, 2.75) is 6.18 Å². The van der Waals surface area contributed by atoms with Crippen molar-refractivity contribution in [2.75, 3.05) is 11.0 Å². The van der Waals surface area contributed by atoms with Gasteiger partial charge in [-0.1, -0.05) is 17.7 Å². The second-order valence-corrected chi connectivity index (χ2v) is 9.06. The van der Waals surface area contributed by atoms with Gasteiger partial charge in [0.2, 0.25) is 10.0 Å². The molecule has 3 aromatic heterocycles. The lowest BCUT2D eigenvalue weighted by Gasteiger charge is -2.12. The Kier molecular flexibility index (Phi) is 5.51. The fourth-order valence-electron chi connectivity index (χ4n) is 3.21. The van der Waals surface area contributed by atoms with Crippen molar-refractivity contribution in [3.63, 3.8) is 0 Å². The molecule has 1 aromatic carbocycles. The molecule has 0 bridgehead atoms. The molecular weight excluding hydrogens is 465 g/mol. The molecule has 0 saturated carbocycles. The van der Waals surface area contributed by atoms with E-state index >= 15 is 0 Å². The van der Waals surface area contributed by atoms with Crippen molar-refractivity contribution in [1.82, 2.24) is 15.0 Å². The van der Waals surface area contributed by atoms with Crippen molar-refractivity contribution in [3.8, 4) is 22.3 Å². The molecule has 0 fully saturated rings. The summed E-state index contributed by atoms with van der Waals surface area (Å²) in [6.07, 6.45) is 0.528. The molecule has 0 amide bonds. The van der Waals surface area contributed by atoms with Gasteiger partial charge in [0.15, 0.2) is 5.15 Å². The summed E-state index contributed by atoms with van der Waals surface area (Å²) in [5.41, 5.74) is 1.79. The fourth-order valence-corrected chi connectivity index (χ4v) is 3.97. The van der Waals surface area contributed by atoms with Crippen LogP contribution in [0.15, 0.2) is 61.1 Å². The van der Waals surface area contributed by atoms with E-state index in [0.717, 1.165) is 18.5 Å². The van der Waals surface area contributed by atoms with Crippen LogP contribution in [0.1, 0.15) is 5.69 Å². The van der Waals surface area contributed by atoms with E-state index in [1.165, 1.54) is 24.5 Å². The summed E-state index contributed by atoms with van der Waals surface area (Å²) in [6.45, 7) is 0. The lowest BCUT2D eigenvalue weighted by Crippen LogP contribution is -2.10. The summed E-state index contributed by atoms with van der Waals surface area (Å²) in [6, 6.07) is 10.9. The van der Waals surface area contributed by atoms with Crippen molar-refractivity contribution < 1.29 is 21.6 Å². The van der Waals surface area contributed by atoms with Crippen molar-refractivity contribution in [3.05, 3.63) is 71.9 Å². The van der Waals surface area contributed by atoms with E-state index in [2.05, 4.69) is 19.7 Å². The van der Waals surface area contributed by atoms with E-state index in [-0.39, 0.29) is 10.8 Å².